The van der Waals surface area contributed by atoms with Crippen LogP contribution in [-0.2, 0) is 14.8 Å². The Morgan fingerprint density at radius 1 is 1.50 bits per heavy atom. The molecule has 0 aliphatic carbocycles. The number of aromatic amines is 1. The van der Waals surface area contributed by atoms with Gasteiger partial charge in [0, 0.05) is 18.8 Å². The third kappa shape index (κ3) is 3.18. The predicted molar refractivity (Wildman–Crippen MR) is 66.4 cm³/mol. The highest BCUT2D eigenvalue weighted by atomic mass is 32.2. The van der Waals surface area contributed by atoms with E-state index in [0.29, 0.717) is 11.3 Å². The summed E-state index contributed by atoms with van der Waals surface area (Å²) in [4.78, 5) is 23.6. The van der Waals surface area contributed by atoms with Gasteiger partial charge in [0.1, 0.15) is 0 Å². The SMILES string of the molecule is CCN(CCC(=O)O)S(=O)(=O)c1sc(=O)[nH]c1C. The summed E-state index contributed by atoms with van der Waals surface area (Å²) in [6, 6.07) is 0. The Hall–Kier alpha value is -1.19. The summed E-state index contributed by atoms with van der Waals surface area (Å²) in [7, 11) is -3.80. The zero-order valence-corrected chi connectivity index (χ0v) is 11.6. The van der Waals surface area contributed by atoms with Crippen LogP contribution in [0.5, 0.6) is 0 Å². The Balaban J connectivity index is 3.07. The molecule has 0 spiro atoms. The van der Waals surface area contributed by atoms with Crippen molar-refractivity contribution in [2.75, 3.05) is 13.1 Å². The number of carboxylic acids is 1. The second-order valence-electron chi connectivity index (χ2n) is 3.57. The maximum atomic E-state index is 12.2. The number of carbonyl (C=O) groups is 1. The molecule has 0 amide bonds. The number of H-pyrrole nitrogens is 1. The van der Waals surface area contributed by atoms with Crippen LogP contribution in [-0.4, -0.2) is 41.9 Å². The van der Waals surface area contributed by atoms with Crippen LogP contribution in [0.3, 0.4) is 0 Å². The fourth-order valence-electron chi connectivity index (χ4n) is 1.42. The van der Waals surface area contributed by atoms with Gasteiger partial charge in [-0.3, -0.25) is 9.59 Å². The van der Waals surface area contributed by atoms with Gasteiger partial charge in [0.15, 0.2) is 4.21 Å². The lowest BCUT2D eigenvalue weighted by atomic mass is 10.4. The number of nitrogens with one attached hydrogen (secondary N) is 1. The molecule has 1 aromatic rings. The quantitative estimate of drug-likeness (QED) is 0.781. The molecule has 2 N–H and O–H groups in total. The highest BCUT2D eigenvalue weighted by Gasteiger charge is 2.27. The van der Waals surface area contributed by atoms with Gasteiger partial charge in [-0.05, 0) is 6.92 Å². The van der Waals surface area contributed by atoms with E-state index >= 15 is 0 Å². The second kappa shape index (κ2) is 5.63. The maximum Gasteiger partial charge on any atom is 0.305 e. The van der Waals surface area contributed by atoms with Crippen molar-refractivity contribution in [1.82, 2.24) is 9.29 Å². The fourth-order valence-corrected chi connectivity index (χ4v) is 4.31. The summed E-state index contributed by atoms with van der Waals surface area (Å²) in [5, 5.41) is 8.58. The molecule has 0 aliphatic heterocycles. The first kappa shape index (κ1) is 14.9. The first-order valence-corrected chi connectivity index (χ1v) is 7.46. The van der Waals surface area contributed by atoms with E-state index < -0.39 is 20.9 Å². The zero-order valence-electron chi connectivity index (χ0n) is 9.97. The van der Waals surface area contributed by atoms with E-state index in [1.807, 2.05) is 0 Å². The van der Waals surface area contributed by atoms with Crippen LogP contribution in [0.4, 0.5) is 0 Å². The van der Waals surface area contributed by atoms with E-state index in [-0.39, 0.29) is 29.4 Å². The highest BCUT2D eigenvalue weighted by Crippen LogP contribution is 2.21. The van der Waals surface area contributed by atoms with Gasteiger partial charge < -0.3 is 10.1 Å². The monoisotopic (exact) mass is 294 g/mol. The Kier molecular flexibility index (Phi) is 4.65. The molecular formula is C9H14N2O5S2. The Morgan fingerprint density at radius 2 is 2.11 bits per heavy atom. The number of rotatable bonds is 6. The highest BCUT2D eigenvalue weighted by molar-refractivity contribution is 7.91. The topological polar surface area (TPSA) is 108 Å². The van der Waals surface area contributed by atoms with Gasteiger partial charge in [0.2, 0.25) is 0 Å². The number of carboxylic acid groups (broad SMARTS) is 1. The predicted octanol–water partition coefficient (Wildman–Crippen LogP) is 0.230. The largest absolute Gasteiger partial charge is 0.481 e. The molecule has 0 unspecified atom stereocenters. The molecule has 7 nitrogen and oxygen atoms in total. The third-order valence-electron chi connectivity index (χ3n) is 2.28. The lowest BCUT2D eigenvalue weighted by Crippen LogP contribution is -2.32. The minimum Gasteiger partial charge on any atom is -0.481 e. The van der Waals surface area contributed by atoms with Crippen LogP contribution in [0.1, 0.15) is 19.0 Å². The zero-order chi connectivity index (χ0) is 13.9. The van der Waals surface area contributed by atoms with E-state index in [9.17, 15) is 18.0 Å². The summed E-state index contributed by atoms with van der Waals surface area (Å²) in [5.74, 6) is -1.07. The number of nitrogens with zero attached hydrogens (tertiary/aromatic N) is 1. The number of aliphatic carboxylic acids is 1. The molecule has 0 aromatic carbocycles. The minimum atomic E-state index is -3.80. The molecule has 0 aliphatic rings. The average Bonchev–Trinajstić information content (AvgIpc) is 2.58. The van der Waals surface area contributed by atoms with E-state index in [2.05, 4.69) is 4.98 Å². The van der Waals surface area contributed by atoms with Crippen molar-refractivity contribution in [1.29, 1.82) is 0 Å². The lowest BCUT2D eigenvalue weighted by Gasteiger charge is -2.18. The smallest absolute Gasteiger partial charge is 0.305 e. The summed E-state index contributed by atoms with van der Waals surface area (Å²) in [6.07, 6.45) is -0.272. The molecule has 0 saturated carbocycles. The van der Waals surface area contributed by atoms with Crippen molar-refractivity contribution in [3.63, 3.8) is 0 Å². The van der Waals surface area contributed by atoms with Crippen molar-refractivity contribution < 1.29 is 18.3 Å². The number of aryl methyl sites for hydroxylation is 1. The molecular weight excluding hydrogens is 280 g/mol. The number of aromatic nitrogens is 1. The number of hydrogen-bond acceptors (Lipinski definition) is 5. The normalized spacial score (nSPS) is 11.9. The average molecular weight is 294 g/mol. The second-order valence-corrected chi connectivity index (χ2v) is 6.68. The summed E-state index contributed by atoms with van der Waals surface area (Å²) in [5.41, 5.74) is 0.277. The van der Waals surface area contributed by atoms with E-state index in [0.717, 1.165) is 4.31 Å². The van der Waals surface area contributed by atoms with Crippen LogP contribution in [0.2, 0.25) is 0 Å². The summed E-state index contributed by atoms with van der Waals surface area (Å²) < 4.78 is 25.4. The molecule has 0 bridgehead atoms. The Labute approximate surface area is 108 Å². The number of sulfonamides is 1. The molecule has 1 aromatic heterocycles. The molecule has 1 rings (SSSR count). The van der Waals surface area contributed by atoms with Gasteiger partial charge >= 0.3 is 10.8 Å². The standard InChI is InChI=1S/C9H14N2O5S2/c1-3-11(5-4-7(12)13)18(15,16)8-6(2)10-9(14)17-8/h3-5H2,1-2H3,(H,10,14)(H,12,13). The van der Waals surface area contributed by atoms with E-state index in [1.165, 1.54) is 6.92 Å². The van der Waals surface area contributed by atoms with Crippen LogP contribution in [0.25, 0.3) is 0 Å². The van der Waals surface area contributed by atoms with Crippen molar-refractivity contribution in [3.8, 4) is 0 Å². The minimum absolute atomic E-state index is 0.0558. The lowest BCUT2D eigenvalue weighted by molar-refractivity contribution is -0.137. The molecule has 18 heavy (non-hydrogen) atoms. The van der Waals surface area contributed by atoms with Gasteiger partial charge in [-0.15, -0.1) is 0 Å². The van der Waals surface area contributed by atoms with Crippen molar-refractivity contribution in [3.05, 3.63) is 15.4 Å². The third-order valence-corrected chi connectivity index (χ3v) is 5.84. The van der Waals surface area contributed by atoms with Crippen LogP contribution in [0, 0.1) is 6.92 Å². The first-order chi connectivity index (χ1) is 8.28. The first-order valence-electron chi connectivity index (χ1n) is 5.20. The van der Waals surface area contributed by atoms with Gasteiger partial charge in [0.05, 0.1) is 6.42 Å². The maximum absolute atomic E-state index is 12.2. The Morgan fingerprint density at radius 3 is 2.50 bits per heavy atom. The number of hydrogen-bond donors (Lipinski definition) is 2. The number of thiazole rings is 1. The summed E-state index contributed by atoms with van der Waals surface area (Å²) in [6.45, 7) is 3.15. The van der Waals surface area contributed by atoms with Crippen molar-refractivity contribution >= 4 is 27.3 Å². The molecule has 9 heteroatoms. The Bertz CT molecular complexity index is 586. The van der Waals surface area contributed by atoms with Crippen LogP contribution in [0.15, 0.2) is 9.00 Å². The van der Waals surface area contributed by atoms with Gasteiger partial charge in [-0.2, -0.15) is 4.31 Å². The van der Waals surface area contributed by atoms with E-state index in [1.54, 1.807) is 6.92 Å². The van der Waals surface area contributed by atoms with Crippen molar-refractivity contribution in [2.24, 2.45) is 0 Å². The van der Waals surface area contributed by atoms with Gasteiger partial charge in [-0.25, -0.2) is 8.42 Å². The fraction of sp³-hybridized carbons (Fsp3) is 0.556. The molecule has 1 heterocycles. The van der Waals surface area contributed by atoms with Crippen molar-refractivity contribution in [2.45, 2.75) is 24.5 Å². The molecule has 0 saturated heterocycles. The van der Waals surface area contributed by atoms with Crippen LogP contribution >= 0.6 is 11.3 Å². The van der Waals surface area contributed by atoms with Gasteiger partial charge in [-0.1, -0.05) is 18.3 Å². The van der Waals surface area contributed by atoms with E-state index in [4.69, 9.17) is 5.11 Å². The summed E-state index contributed by atoms with van der Waals surface area (Å²) >= 11 is 0.611. The molecule has 0 atom stereocenters. The molecule has 0 fully saturated rings. The van der Waals surface area contributed by atoms with Crippen LogP contribution < -0.4 is 4.87 Å². The van der Waals surface area contributed by atoms with Gasteiger partial charge in [0.25, 0.3) is 10.0 Å². The molecule has 102 valence electrons. The molecule has 0 radical (unpaired) electrons.